The van der Waals surface area contributed by atoms with Gasteiger partial charge in [0.1, 0.15) is 5.57 Å². The van der Waals surface area contributed by atoms with Crippen LogP contribution in [-0.2, 0) is 9.59 Å². The van der Waals surface area contributed by atoms with Crippen molar-refractivity contribution in [2.75, 3.05) is 9.80 Å². The van der Waals surface area contributed by atoms with Gasteiger partial charge in [-0.2, -0.15) is 0 Å². The summed E-state index contributed by atoms with van der Waals surface area (Å²) in [7, 11) is 0. The molecule has 1 fully saturated rings. The molecular weight excluding hydrogens is 480 g/mol. The van der Waals surface area contributed by atoms with Gasteiger partial charge in [-0.1, -0.05) is 24.3 Å². The van der Waals surface area contributed by atoms with Crippen LogP contribution in [0.1, 0.15) is 28.1 Å². The Morgan fingerprint density at radius 1 is 0.757 bits per heavy atom. The minimum Gasteiger partial charge on any atom is -0.316 e. The van der Waals surface area contributed by atoms with Crippen molar-refractivity contribution < 1.29 is 9.59 Å². The zero-order chi connectivity index (χ0) is 26.3. The Kier molecular flexibility index (Phi) is 6.31. The van der Waals surface area contributed by atoms with Crippen molar-refractivity contribution in [3.8, 4) is 5.69 Å². The molecule has 0 aliphatic carbocycles. The van der Waals surface area contributed by atoms with Crippen LogP contribution in [0.3, 0.4) is 0 Å². The van der Waals surface area contributed by atoms with Gasteiger partial charge in [-0.15, -0.1) is 0 Å². The molecule has 4 aromatic rings. The number of para-hydroxylation sites is 1. The molecule has 7 heteroatoms. The van der Waals surface area contributed by atoms with Crippen molar-refractivity contribution >= 4 is 46.6 Å². The van der Waals surface area contributed by atoms with E-state index in [1.54, 1.807) is 18.5 Å². The van der Waals surface area contributed by atoms with Crippen molar-refractivity contribution in [3.63, 3.8) is 0 Å². The number of hydrogen-bond acceptors (Lipinski definition) is 4. The maximum Gasteiger partial charge on any atom is 0.270 e. The van der Waals surface area contributed by atoms with Crippen molar-refractivity contribution in [1.29, 1.82) is 0 Å². The number of amides is 2. The van der Waals surface area contributed by atoms with Crippen LogP contribution >= 0.6 is 12.2 Å². The Morgan fingerprint density at radius 2 is 1.43 bits per heavy atom. The fourth-order valence-corrected chi connectivity index (χ4v) is 4.98. The topological polar surface area (TPSA) is 58.4 Å². The molecule has 5 rings (SSSR count). The maximum absolute atomic E-state index is 13.9. The van der Waals surface area contributed by atoms with Crippen LogP contribution in [0.15, 0.2) is 84.7 Å². The van der Waals surface area contributed by atoms with Gasteiger partial charge in [0.25, 0.3) is 11.8 Å². The lowest BCUT2D eigenvalue weighted by Gasteiger charge is -2.36. The van der Waals surface area contributed by atoms with Gasteiger partial charge in [-0.3, -0.25) is 24.4 Å². The van der Waals surface area contributed by atoms with E-state index in [9.17, 15) is 9.59 Å². The Bertz CT molecular complexity index is 1570. The van der Waals surface area contributed by atoms with Gasteiger partial charge in [0.05, 0.1) is 23.3 Å². The van der Waals surface area contributed by atoms with Crippen LogP contribution in [0.25, 0.3) is 11.8 Å². The first-order chi connectivity index (χ1) is 17.8. The highest BCUT2D eigenvalue weighted by Crippen LogP contribution is 2.32. The molecule has 6 nitrogen and oxygen atoms in total. The largest absolute Gasteiger partial charge is 0.316 e. The number of benzene rings is 2. The highest BCUT2D eigenvalue weighted by molar-refractivity contribution is 7.81. The van der Waals surface area contributed by atoms with E-state index >= 15 is 0 Å². The van der Waals surface area contributed by atoms with E-state index < -0.39 is 11.8 Å². The number of carbonyl (C=O) groups is 2. The summed E-state index contributed by atoms with van der Waals surface area (Å²) in [5.41, 5.74) is 6.96. The van der Waals surface area contributed by atoms with E-state index in [1.807, 2.05) is 94.4 Å². The predicted octanol–water partition coefficient (Wildman–Crippen LogP) is 5.85. The molecule has 2 aromatic heterocycles. The normalized spacial score (nSPS) is 15.1. The van der Waals surface area contributed by atoms with E-state index in [-0.39, 0.29) is 10.7 Å². The molecule has 0 N–H and O–H groups in total. The first-order valence-corrected chi connectivity index (χ1v) is 12.3. The monoisotopic (exact) mass is 506 g/mol. The molecule has 0 spiro atoms. The summed E-state index contributed by atoms with van der Waals surface area (Å²) in [6.45, 7) is 7.95. The summed E-state index contributed by atoms with van der Waals surface area (Å²) >= 11 is 5.75. The number of carbonyl (C=O) groups excluding carboxylic acids is 2. The standard InChI is InChI=1S/C30H26N4O2S/c1-19-12-13-25(15-20(19)2)34-29(36)27(28(35)33(30(34)37)24-9-6-5-7-10-24)17-23-16-21(3)32(22(23)4)26-11-8-14-31-18-26/h5-18H,1-4H3/b27-17-. The lowest BCUT2D eigenvalue weighted by molar-refractivity contribution is -0.120. The molecule has 0 bridgehead atoms. The van der Waals surface area contributed by atoms with Crippen molar-refractivity contribution in [2.45, 2.75) is 27.7 Å². The van der Waals surface area contributed by atoms with Gasteiger partial charge < -0.3 is 4.57 Å². The van der Waals surface area contributed by atoms with Crippen LogP contribution in [0, 0.1) is 27.7 Å². The van der Waals surface area contributed by atoms with Crippen molar-refractivity contribution in [2.24, 2.45) is 0 Å². The summed E-state index contributed by atoms with van der Waals surface area (Å²) in [6.07, 6.45) is 5.18. The third-order valence-electron chi connectivity index (χ3n) is 6.69. The second-order valence-corrected chi connectivity index (χ2v) is 9.46. The van der Waals surface area contributed by atoms with E-state index in [0.29, 0.717) is 11.4 Å². The third kappa shape index (κ3) is 4.27. The molecule has 0 unspecified atom stereocenters. The minimum atomic E-state index is -0.451. The fraction of sp³-hybridized carbons (Fsp3) is 0.133. The molecule has 1 aliphatic rings. The summed E-state index contributed by atoms with van der Waals surface area (Å²) < 4.78 is 2.05. The van der Waals surface area contributed by atoms with E-state index in [2.05, 4.69) is 9.55 Å². The molecule has 2 aromatic carbocycles. The second kappa shape index (κ2) is 9.59. The van der Waals surface area contributed by atoms with Gasteiger partial charge in [-0.05, 0) is 105 Å². The fourth-order valence-electron chi connectivity index (χ4n) is 4.60. The summed E-state index contributed by atoms with van der Waals surface area (Å²) in [6, 6.07) is 20.7. The molecule has 1 aliphatic heterocycles. The van der Waals surface area contributed by atoms with Crippen LogP contribution in [0.2, 0.25) is 0 Å². The number of aromatic nitrogens is 2. The smallest absolute Gasteiger partial charge is 0.270 e. The Morgan fingerprint density at radius 3 is 2.08 bits per heavy atom. The zero-order valence-corrected chi connectivity index (χ0v) is 21.9. The Balaban J connectivity index is 1.67. The zero-order valence-electron chi connectivity index (χ0n) is 21.1. The number of thiocarbonyl (C=S) groups is 1. The molecule has 0 radical (unpaired) electrons. The quantitative estimate of drug-likeness (QED) is 0.198. The van der Waals surface area contributed by atoms with Gasteiger partial charge in [-0.25, -0.2) is 0 Å². The number of rotatable bonds is 4. The van der Waals surface area contributed by atoms with Gasteiger partial charge in [0.2, 0.25) is 0 Å². The summed E-state index contributed by atoms with van der Waals surface area (Å²) in [4.78, 5) is 34.8. The average molecular weight is 507 g/mol. The Hall–Kier alpha value is -4.36. The number of nitrogens with zero attached hydrogens (tertiary/aromatic N) is 4. The van der Waals surface area contributed by atoms with E-state index in [1.165, 1.54) is 9.80 Å². The minimum absolute atomic E-state index is 0.0436. The van der Waals surface area contributed by atoms with Gasteiger partial charge in [0, 0.05) is 17.6 Å². The molecule has 1 saturated heterocycles. The maximum atomic E-state index is 13.9. The van der Waals surface area contributed by atoms with E-state index in [4.69, 9.17) is 12.2 Å². The van der Waals surface area contributed by atoms with Crippen molar-refractivity contribution in [3.05, 3.63) is 113 Å². The number of anilines is 2. The highest BCUT2D eigenvalue weighted by Gasteiger charge is 2.41. The molecule has 3 heterocycles. The summed E-state index contributed by atoms with van der Waals surface area (Å²) in [5, 5.41) is 0.127. The number of hydrogen-bond donors (Lipinski definition) is 0. The molecular formula is C30H26N4O2S. The second-order valence-electron chi connectivity index (χ2n) is 9.10. The summed E-state index contributed by atoms with van der Waals surface area (Å²) in [5.74, 6) is -0.899. The van der Waals surface area contributed by atoms with Crippen LogP contribution in [-0.4, -0.2) is 26.5 Å². The van der Waals surface area contributed by atoms with Gasteiger partial charge in [0.15, 0.2) is 5.11 Å². The molecule has 2 amide bonds. The molecule has 184 valence electrons. The number of aryl methyl sites for hydroxylation is 3. The molecule has 0 atom stereocenters. The lowest BCUT2D eigenvalue weighted by atomic mass is 10.0. The number of pyridine rings is 1. The Labute approximate surface area is 221 Å². The van der Waals surface area contributed by atoms with Gasteiger partial charge >= 0.3 is 0 Å². The van der Waals surface area contributed by atoms with Crippen LogP contribution in [0.4, 0.5) is 11.4 Å². The SMILES string of the molecule is Cc1ccc(N2C(=O)/C(=C\c3cc(C)n(-c4cccnc4)c3C)C(=O)N(c3ccccc3)C2=S)cc1C. The third-order valence-corrected chi connectivity index (χ3v) is 7.05. The predicted molar refractivity (Wildman–Crippen MR) is 151 cm³/mol. The highest BCUT2D eigenvalue weighted by atomic mass is 32.1. The van der Waals surface area contributed by atoms with Crippen LogP contribution in [0.5, 0.6) is 0 Å². The first-order valence-electron chi connectivity index (χ1n) is 11.9. The lowest BCUT2D eigenvalue weighted by Crippen LogP contribution is -2.57. The van der Waals surface area contributed by atoms with Crippen molar-refractivity contribution in [1.82, 2.24) is 9.55 Å². The van der Waals surface area contributed by atoms with Crippen LogP contribution < -0.4 is 9.80 Å². The first kappa shape index (κ1) is 24.3. The molecule has 37 heavy (non-hydrogen) atoms. The molecule has 0 saturated carbocycles. The average Bonchev–Trinajstić information content (AvgIpc) is 3.17. The van der Waals surface area contributed by atoms with E-state index in [0.717, 1.165) is 33.8 Å².